The number of pyridine rings is 1. The van der Waals surface area contributed by atoms with E-state index in [2.05, 4.69) is 9.97 Å². The fourth-order valence-corrected chi connectivity index (χ4v) is 3.70. The van der Waals surface area contributed by atoms with Gasteiger partial charge in [-0.1, -0.05) is 0 Å². The molecule has 0 atom stereocenters. The summed E-state index contributed by atoms with van der Waals surface area (Å²) in [4.78, 5) is 13.3. The smallest absolute Gasteiger partial charge is 0.203 e. The van der Waals surface area contributed by atoms with Crippen molar-refractivity contribution < 1.29 is 23.7 Å². The number of hydrogen-bond donors (Lipinski definition) is 1. The molecule has 0 aliphatic rings. The SMILES string of the molecule is COc1ccc(-c2cc(-c3cc(OC)c(OC)c(OC)c3)nc3ncnc(N)c23)c(OC)c1. The number of rotatable bonds is 7. The van der Waals surface area contributed by atoms with E-state index in [4.69, 9.17) is 34.4 Å². The topological polar surface area (TPSA) is 111 Å². The van der Waals surface area contributed by atoms with Gasteiger partial charge in [-0.3, -0.25) is 0 Å². The number of methoxy groups -OCH3 is 5. The molecule has 2 aromatic carbocycles. The quantitative estimate of drug-likeness (QED) is 0.449. The third-order valence-electron chi connectivity index (χ3n) is 5.29. The maximum atomic E-state index is 6.25. The molecular weight excluding hydrogens is 424 g/mol. The van der Waals surface area contributed by atoms with Crippen LogP contribution in [-0.4, -0.2) is 50.5 Å². The molecule has 2 N–H and O–H groups in total. The highest BCUT2D eigenvalue weighted by Gasteiger charge is 2.20. The molecule has 0 aliphatic heterocycles. The van der Waals surface area contributed by atoms with Gasteiger partial charge in [-0.05, 0) is 30.3 Å². The molecule has 0 amide bonds. The standard InChI is InChI=1S/C24H24N4O5/c1-29-14-6-7-15(18(10-14)30-2)16-11-17(28-24-21(16)23(25)26-12-27-24)13-8-19(31-3)22(33-5)20(9-13)32-4/h6-12H,1-5H3,(H2,25,26,27,28). The first-order chi connectivity index (χ1) is 16.0. The van der Waals surface area contributed by atoms with Crippen LogP contribution in [0.4, 0.5) is 5.82 Å². The van der Waals surface area contributed by atoms with Gasteiger partial charge in [0, 0.05) is 22.8 Å². The fraction of sp³-hybridized carbons (Fsp3) is 0.208. The van der Waals surface area contributed by atoms with Crippen molar-refractivity contribution in [3.05, 3.63) is 42.7 Å². The summed E-state index contributed by atoms with van der Waals surface area (Å²) >= 11 is 0. The Hall–Kier alpha value is -4.27. The lowest BCUT2D eigenvalue weighted by Crippen LogP contribution is -2.00. The zero-order chi connectivity index (χ0) is 23.5. The lowest BCUT2D eigenvalue weighted by atomic mass is 9.98. The van der Waals surface area contributed by atoms with E-state index >= 15 is 0 Å². The van der Waals surface area contributed by atoms with E-state index in [9.17, 15) is 0 Å². The van der Waals surface area contributed by atoms with Crippen molar-refractivity contribution in [1.29, 1.82) is 0 Å². The molecule has 4 rings (SSSR count). The summed E-state index contributed by atoms with van der Waals surface area (Å²) in [5.41, 5.74) is 9.63. The van der Waals surface area contributed by atoms with E-state index in [0.29, 0.717) is 51.3 Å². The lowest BCUT2D eigenvalue weighted by Gasteiger charge is -2.16. The summed E-state index contributed by atoms with van der Waals surface area (Å²) in [6.07, 6.45) is 1.39. The van der Waals surface area contributed by atoms with Gasteiger partial charge in [0.1, 0.15) is 23.6 Å². The molecule has 9 nitrogen and oxygen atoms in total. The molecule has 0 fully saturated rings. The Labute approximate surface area is 191 Å². The highest BCUT2D eigenvalue weighted by atomic mass is 16.5. The second kappa shape index (κ2) is 9.07. The Balaban J connectivity index is 2.03. The fourth-order valence-electron chi connectivity index (χ4n) is 3.70. The second-order valence-corrected chi connectivity index (χ2v) is 6.99. The molecule has 33 heavy (non-hydrogen) atoms. The Morgan fingerprint density at radius 3 is 2.00 bits per heavy atom. The van der Waals surface area contributed by atoms with Crippen LogP contribution in [0.25, 0.3) is 33.4 Å². The summed E-state index contributed by atoms with van der Waals surface area (Å²) in [7, 11) is 7.89. The van der Waals surface area contributed by atoms with Crippen LogP contribution in [0, 0.1) is 0 Å². The minimum Gasteiger partial charge on any atom is -0.497 e. The third kappa shape index (κ3) is 3.89. The Kier molecular flexibility index (Phi) is 6.03. The van der Waals surface area contributed by atoms with E-state index in [1.54, 1.807) is 41.6 Å². The minimum absolute atomic E-state index is 0.316. The molecule has 0 radical (unpaired) electrons. The van der Waals surface area contributed by atoms with Crippen molar-refractivity contribution in [3.63, 3.8) is 0 Å². The lowest BCUT2D eigenvalue weighted by molar-refractivity contribution is 0.324. The van der Waals surface area contributed by atoms with E-state index in [1.807, 2.05) is 30.3 Å². The highest BCUT2D eigenvalue weighted by molar-refractivity contribution is 6.02. The molecule has 2 aromatic heterocycles. The Morgan fingerprint density at radius 2 is 1.39 bits per heavy atom. The maximum absolute atomic E-state index is 6.25. The van der Waals surface area contributed by atoms with Crippen LogP contribution in [0.2, 0.25) is 0 Å². The predicted molar refractivity (Wildman–Crippen MR) is 125 cm³/mol. The van der Waals surface area contributed by atoms with Gasteiger partial charge in [0.25, 0.3) is 0 Å². The maximum Gasteiger partial charge on any atom is 0.203 e. The van der Waals surface area contributed by atoms with Crippen molar-refractivity contribution >= 4 is 16.9 Å². The van der Waals surface area contributed by atoms with Crippen molar-refractivity contribution in [2.75, 3.05) is 41.3 Å². The van der Waals surface area contributed by atoms with Crippen molar-refractivity contribution in [3.8, 4) is 51.1 Å². The molecule has 0 saturated heterocycles. The average molecular weight is 448 g/mol. The van der Waals surface area contributed by atoms with Gasteiger partial charge in [-0.2, -0.15) is 0 Å². The van der Waals surface area contributed by atoms with Crippen LogP contribution < -0.4 is 29.4 Å². The zero-order valence-corrected chi connectivity index (χ0v) is 19.0. The summed E-state index contributed by atoms with van der Waals surface area (Å²) < 4.78 is 27.5. The number of hydrogen-bond acceptors (Lipinski definition) is 9. The van der Waals surface area contributed by atoms with Crippen molar-refractivity contribution in [1.82, 2.24) is 15.0 Å². The largest absolute Gasteiger partial charge is 0.497 e. The van der Waals surface area contributed by atoms with E-state index < -0.39 is 0 Å². The van der Waals surface area contributed by atoms with Crippen LogP contribution in [0.5, 0.6) is 28.7 Å². The Bertz CT molecular complexity index is 1300. The molecule has 0 unspecified atom stereocenters. The van der Waals surface area contributed by atoms with Crippen LogP contribution in [0.1, 0.15) is 0 Å². The molecule has 0 saturated carbocycles. The predicted octanol–water partition coefficient (Wildman–Crippen LogP) is 3.98. The number of benzene rings is 2. The number of anilines is 1. The van der Waals surface area contributed by atoms with E-state index in [0.717, 1.165) is 16.7 Å². The van der Waals surface area contributed by atoms with Crippen LogP contribution in [0.3, 0.4) is 0 Å². The zero-order valence-electron chi connectivity index (χ0n) is 19.0. The van der Waals surface area contributed by atoms with Gasteiger partial charge in [0.15, 0.2) is 17.1 Å². The van der Waals surface area contributed by atoms with Gasteiger partial charge in [-0.25, -0.2) is 15.0 Å². The number of ether oxygens (including phenoxy) is 5. The van der Waals surface area contributed by atoms with Gasteiger partial charge in [0.05, 0.1) is 46.6 Å². The molecule has 0 aliphatic carbocycles. The third-order valence-corrected chi connectivity index (χ3v) is 5.29. The monoisotopic (exact) mass is 448 g/mol. The van der Waals surface area contributed by atoms with E-state index in [-0.39, 0.29) is 0 Å². The summed E-state index contributed by atoms with van der Waals surface area (Å²) in [5, 5.41) is 0.622. The first-order valence-electron chi connectivity index (χ1n) is 9.98. The number of fused-ring (bicyclic) bond motifs is 1. The molecule has 170 valence electrons. The van der Waals surface area contributed by atoms with Crippen LogP contribution in [-0.2, 0) is 0 Å². The first kappa shape index (κ1) is 21.9. The number of nitrogens with two attached hydrogens (primary N) is 1. The van der Waals surface area contributed by atoms with Gasteiger partial charge in [-0.15, -0.1) is 0 Å². The van der Waals surface area contributed by atoms with Crippen molar-refractivity contribution in [2.24, 2.45) is 0 Å². The first-order valence-corrected chi connectivity index (χ1v) is 9.98. The van der Waals surface area contributed by atoms with Crippen LogP contribution in [0.15, 0.2) is 42.7 Å². The molecule has 2 heterocycles. The Morgan fingerprint density at radius 1 is 0.697 bits per heavy atom. The van der Waals surface area contributed by atoms with Crippen LogP contribution >= 0.6 is 0 Å². The second-order valence-electron chi connectivity index (χ2n) is 6.99. The van der Waals surface area contributed by atoms with E-state index in [1.165, 1.54) is 6.33 Å². The molecule has 0 bridgehead atoms. The number of nitrogen functional groups attached to an aromatic ring is 1. The summed E-state index contributed by atoms with van der Waals surface area (Å²) in [6.45, 7) is 0. The van der Waals surface area contributed by atoms with Crippen molar-refractivity contribution in [2.45, 2.75) is 0 Å². The molecule has 0 spiro atoms. The van der Waals surface area contributed by atoms with Gasteiger partial charge < -0.3 is 29.4 Å². The minimum atomic E-state index is 0.316. The molecular formula is C24H24N4O5. The normalized spacial score (nSPS) is 10.7. The number of nitrogens with zero attached hydrogens (tertiary/aromatic N) is 3. The highest BCUT2D eigenvalue weighted by Crippen LogP contribution is 2.43. The summed E-state index contributed by atoms with van der Waals surface area (Å²) in [6, 6.07) is 11.1. The van der Waals surface area contributed by atoms with Gasteiger partial charge >= 0.3 is 0 Å². The number of aromatic nitrogens is 3. The molecule has 4 aromatic rings. The molecule has 9 heteroatoms. The van der Waals surface area contributed by atoms with Gasteiger partial charge in [0.2, 0.25) is 5.75 Å². The summed E-state index contributed by atoms with van der Waals surface area (Å²) in [5.74, 6) is 3.12. The average Bonchev–Trinajstić information content (AvgIpc) is 2.86.